The first-order valence-corrected chi connectivity index (χ1v) is 6.14. The van der Waals surface area contributed by atoms with Crippen LogP contribution in [0.4, 0.5) is 14.5 Å². The minimum atomic E-state index is -3.51. The highest BCUT2D eigenvalue weighted by atomic mass is 32.2. The molecule has 0 amide bonds. The van der Waals surface area contributed by atoms with Crippen LogP contribution in [0.25, 0.3) is 0 Å². The molecule has 0 saturated heterocycles. The van der Waals surface area contributed by atoms with E-state index in [9.17, 15) is 17.2 Å². The smallest absolute Gasteiger partial charge is 0.387 e. The van der Waals surface area contributed by atoms with Gasteiger partial charge in [0.05, 0.1) is 11.4 Å². The summed E-state index contributed by atoms with van der Waals surface area (Å²) in [5, 5.41) is 0. The molecule has 0 saturated carbocycles. The number of ether oxygens (including phenoxy) is 1. The monoisotopic (exact) mass is 251 g/mol. The average Bonchev–Trinajstić information content (AvgIpc) is 2.20. The van der Waals surface area contributed by atoms with E-state index in [1.54, 1.807) is 0 Å². The van der Waals surface area contributed by atoms with Gasteiger partial charge in [0.1, 0.15) is 5.75 Å². The van der Waals surface area contributed by atoms with Gasteiger partial charge in [0.2, 0.25) is 10.0 Å². The highest BCUT2D eigenvalue weighted by Gasteiger charge is 2.13. The predicted molar refractivity (Wildman–Crippen MR) is 56.2 cm³/mol. The molecular formula is C9H11F2NO3S. The first-order chi connectivity index (χ1) is 7.44. The summed E-state index contributed by atoms with van der Waals surface area (Å²) in [6.07, 6.45) is 0. The van der Waals surface area contributed by atoms with Gasteiger partial charge in [-0.3, -0.25) is 4.72 Å². The molecule has 0 unspecified atom stereocenters. The Morgan fingerprint density at radius 3 is 2.56 bits per heavy atom. The number of benzene rings is 1. The molecule has 0 aliphatic heterocycles. The summed E-state index contributed by atoms with van der Waals surface area (Å²) in [4.78, 5) is 0. The number of sulfonamides is 1. The fraction of sp³-hybridized carbons (Fsp3) is 0.333. The van der Waals surface area contributed by atoms with Crippen LogP contribution in [0.15, 0.2) is 24.3 Å². The number of rotatable bonds is 5. The fourth-order valence-electron chi connectivity index (χ4n) is 0.989. The number of alkyl halides is 2. The topological polar surface area (TPSA) is 55.4 Å². The van der Waals surface area contributed by atoms with E-state index in [2.05, 4.69) is 9.46 Å². The van der Waals surface area contributed by atoms with Gasteiger partial charge in [-0.05, 0) is 19.1 Å². The highest BCUT2D eigenvalue weighted by molar-refractivity contribution is 7.92. The van der Waals surface area contributed by atoms with Crippen molar-refractivity contribution in [2.45, 2.75) is 13.5 Å². The van der Waals surface area contributed by atoms with Crippen LogP contribution in [0, 0.1) is 0 Å². The second kappa shape index (κ2) is 5.11. The Bertz CT molecular complexity index is 448. The summed E-state index contributed by atoms with van der Waals surface area (Å²) in [7, 11) is -3.51. The van der Waals surface area contributed by atoms with Crippen LogP contribution in [0.1, 0.15) is 6.92 Å². The van der Waals surface area contributed by atoms with Crippen molar-refractivity contribution in [3.63, 3.8) is 0 Å². The molecule has 7 heteroatoms. The van der Waals surface area contributed by atoms with E-state index in [1.807, 2.05) is 0 Å². The Morgan fingerprint density at radius 2 is 2.00 bits per heavy atom. The van der Waals surface area contributed by atoms with E-state index in [0.717, 1.165) is 0 Å². The Hall–Kier alpha value is -1.37. The lowest BCUT2D eigenvalue weighted by Gasteiger charge is -2.11. The molecule has 0 heterocycles. The van der Waals surface area contributed by atoms with Crippen LogP contribution in [0.3, 0.4) is 0 Å². The number of hydrogen-bond acceptors (Lipinski definition) is 3. The fourth-order valence-corrected chi connectivity index (χ4v) is 1.64. The standard InChI is InChI=1S/C9H11F2NO3S/c1-2-16(13,14)12-7-5-3-4-6-8(7)15-9(10)11/h3-6,9,12H,2H2,1H3. The third-order valence-corrected chi connectivity index (χ3v) is 3.04. The third-order valence-electron chi connectivity index (χ3n) is 1.75. The molecule has 1 aromatic rings. The minimum Gasteiger partial charge on any atom is -0.433 e. The van der Waals surface area contributed by atoms with Crippen molar-refractivity contribution >= 4 is 15.7 Å². The van der Waals surface area contributed by atoms with Crippen LogP contribution in [-0.4, -0.2) is 20.8 Å². The zero-order valence-electron chi connectivity index (χ0n) is 8.48. The molecule has 1 rings (SSSR count). The zero-order valence-corrected chi connectivity index (χ0v) is 9.30. The van der Waals surface area contributed by atoms with E-state index in [0.29, 0.717) is 0 Å². The van der Waals surface area contributed by atoms with E-state index >= 15 is 0 Å². The summed E-state index contributed by atoms with van der Waals surface area (Å²) in [6, 6.07) is 5.61. The molecule has 0 aromatic heterocycles. The van der Waals surface area contributed by atoms with Gasteiger partial charge in [-0.2, -0.15) is 8.78 Å². The lowest BCUT2D eigenvalue weighted by Crippen LogP contribution is -2.16. The van der Waals surface area contributed by atoms with Crippen LogP contribution >= 0.6 is 0 Å². The molecule has 0 aliphatic rings. The number of nitrogens with one attached hydrogen (secondary N) is 1. The zero-order chi connectivity index (χ0) is 12.2. The minimum absolute atomic E-state index is 0.00431. The molecule has 0 radical (unpaired) electrons. The molecule has 1 aromatic carbocycles. The van der Waals surface area contributed by atoms with Gasteiger partial charge in [-0.25, -0.2) is 8.42 Å². The van der Waals surface area contributed by atoms with E-state index < -0.39 is 16.6 Å². The Labute approximate surface area is 92.3 Å². The summed E-state index contributed by atoms with van der Waals surface area (Å²) >= 11 is 0. The average molecular weight is 251 g/mol. The second-order valence-electron chi connectivity index (χ2n) is 2.88. The first kappa shape index (κ1) is 12.7. The van der Waals surface area contributed by atoms with Crippen molar-refractivity contribution in [3.05, 3.63) is 24.3 Å². The molecule has 0 atom stereocenters. The Kier molecular flexibility index (Phi) is 4.05. The summed E-state index contributed by atoms with van der Waals surface area (Å²) in [5.41, 5.74) is 0.00431. The molecule has 0 bridgehead atoms. The van der Waals surface area contributed by atoms with Crippen molar-refractivity contribution in [3.8, 4) is 5.75 Å². The van der Waals surface area contributed by atoms with Gasteiger partial charge in [-0.1, -0.05) is 12.1 Å². The Morgan fingerprint density at radius 1 is 1.38 bits per heavy atom. The quantitative estimate of drug-likeness (QED) is 0.871. The van der Waals surface area contributed by atoms with Gasteiger partial charge in [0, 0.05) is 0 Å². The molecule has 4 nitrogen and oxygen atoms in total. The second-order valence-corrected chi connectivity index (χ2v) is 4.89. The van der Waals surface area contributed by atoms with E-state index in [4.69, 9.17) is 0 Å². The normalized spacial score (nSPS) is 11.5. The van der Waals surface area contributed by atoms with E-state index in [-0.39, 0.29) is 17.2 Å². The predicted octanol–water partition coefficient (Wildman–Crippen LogP) is 2.05. The maximum atomic E-state index is 12.0. The maximum Gasteiger partial charge on any atom is 0.387 e. The van der Waals surface area contributed by atoms with Crippen LogP contribution < -0.4 is 9.46 Å². The lowest BCUT2D eigenvalue weighted by atomic mass is 10.3. The lowest BCUT2D eigenvalue weighted by molar-refractivity contribution is -0.0493. The number of hydrogen-bond donors (Lipinski definition) is 1. The van der Waals surface area contributed by atoms with Crippen molar-refractivity contribution < 1.29 is 21.9 Å². The summed E-state index contributed by atoms with van der Waals surface area (Å²) in [6.45, 7) is -1.55. The first-order valence-electron chi connectivity index (χ1n) is 4.49. The largest absolute Gasteiger partial charge is 0.433 e. The van der Waals surface area contributed by atoms with Crippen molar-refractivity contribution in [1.82, 2.24) is 0 Å². The van der Waals surface area contributed by atoms with Crippen molar-refractivity contribution in [2.75, 3.05) is 10.5 Å². The molecule has 1 N–H and O–H groups in total. The van der Waals surface area contributed by atoms with Gasteiger partial charge in [-0.15, -0.1) is 0 Å². The van der Waals surface area contributed by atoms with Crippen molar-refractivity contribution in [1.29, 1.82) is 0 Å². The summed E-state index contributed by atoms with van der Waals surface area (Å²) < 4.78 is 52.9. The molecular weight excluding hydrogens is 240 g/mol. The van der Waals surface area contributed by atoms with Crippen LogP contribution in [0.2, 0.25) is 0 Å². The molecule has 90 valence electrons. The maximum absolute atomic E-state index is 12.0. The Balaban J connectivity index is 2.95. The van der Waals surface area contributed by atoms with Crippen LogP contribution in [-0.2, 0) is 10.0 Å². The molecule has 16 heavy (non-hydrogen) atoms. The number of para-hydroxylation sites is 2. The van der Waals surface area contributed by atoms with Gasteiger partial charge < -0.3 is 4.74 Å². The van der Waals surface area contributed by atoms with Gasteiger partial charge in [0.15, 0.2) is 0 Å². The SMILES string of the molecule is CCS(=O)(=O)Nc1ccccc1OC(F)F. The molecule has 0 spiro atoms. The van der Waals surface area contributed by atoms with Gasteiger partial charge in [0.25, 0.3) is 0 Å². The highest BCUT2D eigenvalue weighted by Crippen LogP contribution is 2.26. The van der Waals surface area contributed by atoms with Crippen LogP contribution in [0.5, 0.6) is 5.75 Å². The third kappa shape index (κ3) is 3.65. The number of anilines is 1. The van der Waals surface area contributed by atoms with E-state index in [1.165, 1.54) is 31.2 Å². The van der Waals surface area contributed by atoms with Gasteiger partial charge >= 0.3 is 6.61 Å². The molecule has 0 fully saturated rings. The molecule has 0 aliphatic carbocycles. The number of halogens is 2. The summed E-state index contributed by atoms with van der Waals surface area (Å²) in [5.74, 6) is -0.342. The van der Waals surface area contributed by atoms with Crippen molar-refractivity contribution in [2.24, 2.45) is 0 Å².